The van der Waals surface area contributed by atoms with Gasteiger partial charge in [0.2, 0.25) is 0 Å². The molecule has 0 aromatic heterocycles. The van der Waals surface area contributed by atoms with Gasteiger partial charge in [-0.2, -0.15) is 0 Å². The molecule has 1 atom stereocenters. The maximum atomic E-state index is 5.66. The summed E-state index contributed by atoms with van der Waals surface area (Å²) in [6.45, 7) is 10.8. The van der Waals surface area contributed by atoms with Crippen molar-refractivity contribution in [3.63, 3.8) is 0 Å². The van der Waals surface area contributed by atoms with Gasteiger partial charge in [-0.15, -0.1) is 0 Å². The minimum Gasteiger partial charge on any atom is -0.378 e. The summed E-state index contributed by atoms with van der Waals surface area (Å²) in [5, 5.41) is 3.64. The van der Waals surface area contributed by atoms with E-state index in [1.807, 2.05) is 7.11 Å². The van der Waals surface area contributed by atoms with E-state index >= 15 is 0 Å². The van der Waals surface area contributed by atoms with Crippen LogP contribution in [-0.4, -0.2) is 39.0 Å². The van der Waals surface area contributed by atoms with Gasteiger partial charge in [0.1, 0.15) is 5.60 Å². The lowest BCUT2D eigenvalue weighted by Gasteiger charge is -2.37. The topological polar surface area (TPSA) is 30.5 Å². The average Bonchev–Trinajstić information content (AvgIpc) is 2.88. The van der Waals surface area contributed by atoms with Crippen LogP contribution in [0.1, 0.15) is 52.9 Å². The molecule has 2 aliphatic rings. The second kappa shape index (κ2) is 6.76. The molecular formula is C17H33NO2. The Balaban J connectivity index is 1.66. The van der Waals surface area contributed by atoms with E-state index in [1.165, 1.54) is 25.7 Å². The van der Waals surface area contributed by atoms with Crippen molar-refractivity contribution in [3.8, 4) is 0 Å². The summed E-state index contributed by atoms with van der Waals surface area (Å²) in [6, 6.07) is 0. The molecule has 0 aromatic rings. The summed E-state index contributed by atoms with van der Waals surface area (Å²) < 4.78 is 11.1. The molecule has 1 aliphatic carbocycles. The molecular weight excluding hydrogens is 250 g/mol. The van der Waals surface area contributed by atoms with E-state index in [-0.39, 0.29) is 5.60 Å². The standard InChI is InChI=1S/C17H33NO2/c1-16(2,3)15-7-5-14(6-8-15)11-18-12-17(19-4)9-10-20-13-17/h14-15,18H,5-13H2,1-4H3. The number of rotatable bonds is 5. The molecule has 0 radical (unpaired) electrons. The van der Waals surface area contributed by atoms with Crippen LogP contribution in [0.2, 0.25) is 0 Å². The Labute approximate surface area is 124 Å². The molecule has 0 spiro atoms. The number of hydrogen-bond acceptors (Lipinski definition) is 3. The molecule has 2 rings (SSSR count). The van der Waals surface area contributed by atoms with Crippen molar-refractivity contribution in [2.24, 2.45) is 17.3 Å². The highest BCUT2D eigenvalue weighted by Gasteiger charge is 2.35. The predicted octanol–water partition coefficient (Wildman–Crippen LogP) is 3.23. The average molecular weight is 283 g/mol. The molecule has 1 saturated carbocycles. The third-order valence-corrected chi connectivity index (χ3v) is 5.45. The van der Waals surface area contributed by atoms with Crippen LogP contribution < -0.4 is 5.32 Å². The summed E-state index contributed by atoms with van der Waals surface area (Å²) in [5.74, 6) is 1.76. The Morgan fingerprint density at radius 1 is 1.20 bits per heavy atom. The molecule has 2 fully saturated rings. The Bertz CT molecular complexity index is 284. The minimum absolute atomic E-state index is 0.0669. The fraction of sp³-hybridized carbons (Fsp3) is 1.00. The molecule has 1 saturated heterocycles. The molecule has 1 heterocycles. The van der Waals surface area contributed by atoms with E-state index in [9.17, 15) is 0 Å². The van der Waals surface area contributed by atoms with E-state index in [2.05, 4.69) is 26.1 Å². The lowest BCUT2D eigenvalue weighted by Crippen LogP contribution is -2.44. The molecule has 118 valence electrons. The van der Waals surface area contributed by atoms with Crippen LogP contribution in [0.3, 0.4) is 0 Å². The van der Waals surface area contributed by atoms with E-state index in [1.54, 1.807) is 0 Å². The maximum absolute atomic E-state index is 5.66. The van der Waals surface area contributed by atoms with Crippen molar-refractivity contribution in [2.45, 2.75) is 58.5 Å². The van der Waals surface area contributed by atoms with Crippen LogP contribution >= 0.6 is 0 Å². The normalized spacial score (nSPS) is 35.4. The molecule has 3 nitrogen and oxygen atoms in total. The Morgan fingerprint density at radius 2 is 1.90 bits per heavy atom. The minimum atomic E-state index is -0.0669. The fourth-order valence-electron chi connectivity index (χ4n) is 3.70. The first kappa shape index (κ1) is 16.3. The number of nitrogens with one attached hydrogen (secondary N) is 1. The lowest BCUT2D eigenvalue weighted by atomic mass is 9.70. The largest absolute Gasteiger partial charge is 0.378 e. The van der Waals surface area contributed by atoms with Crippen molar-refractivity contribution in [1.29, 1.82) is 0 Å². The fourth-order valence-corrected chi connectivity index (χ4v) is 3.70. The van der Waals surface area contributed by atoms with Gasteiger partial charge in [-0.1, -0.05) is 20.8 Å². The lowest BCUT2D eigenvalue weighted by molar-refractivity contribution is -0.0165. The van der Waals surface area contributed by atoms with Crippen molar-refractivity contribution in [1.82, 2.24) is 5.32 Å². The number of hydrogen-bond donors (Lipinski definition) is 1. The van der Waals surface area contributed by atoms with Crippen molar-refractivity contribution in [3.05, 3.63) is 0 Å². The smallest absolute Gasteiger partial charge is 0.106 e. The monoisotopic (exact) mass is 283 g/mol. The summed E-state index contributed by atoms with van der Waals surface area (Å²) in [5.41, 5.74) is 0.419. The SMILES string of the molecule is COC1(CNCC2CCC(C(C)(C)C)CC2)CCOC1. The summed E-state index contributed by atoms with van der Waals surface area (Å²) >= 11 is 0. The van der Waals surface area contributed by atoms with Gasteiger partial charge >= 0.3 is 0 Å². The van der Waals surface area contributed by atoms with Gasteiger partial charge in [-0.3, -0.25) is 0 Å². The summed E-state index contributed by atoms with van der Waals surface area (Å²) in [4.78, 5) is 0. The van der Waals surface area contributed by atoms with Crippen LogP contribution in [0.15, 0.2) is 0 Å². The molecule has 1 aliphatic heterocycles. The molecule has 0 amide bonds. The van der Waals surface area contributed by atoms with E-state index < -0.39 is 0 Å². The highest BCUT2D eigenvalue weighted by atomic mass is 16.5. The summed E-state index contributed by atoms with van der Waals surface area (Å²) in [6.07, 6.45) is 6.58. The van der Waals surface area contributed by atoms with Crippen LogP contribution in [0.4, 0.5) is 0 Å². The first-order valence-corrected chi connectivity index (χ1v) is 8.29. The molecule has 0 aromatic carbocycles. The van der Waals surface area contributed by atoms with Gasteiger partial charge < -0.3 is 14.8 Å². The second-order valence-electron chi connectivity index (χ2n) is 7.90. The zero-order chi connectivity index (χ0) is 14.6. The summed E-state index contributed by atoms with van der Waals surface area (Å²) in [7, 11) is 1.81. The second-order valence-corrected chi connectivity index (χ2v) is 7.90. The van der Waals surface area contributed by atoms with Gasteiger partial charge in [-0.25, -0.2) is 0 Å². The van der Waals surface area contributed by atoms with Gasteiger partial charge in [0.25, 0.3) is 0 Å². The molecule has 20 heavy (non-hydrogen) atoms. The van der Waals surface area contributed by atoms with E-state index in [0.717, 1.165) is 44.6 Å². The van der Waals surface area contributed by atoms with Gasteiger partial charge in [-0.05, 0) is 49.5 Å². The van der Waals surface area contributed by atoms with Crippen LogP contribution in [0, 0.1) is 17.3 Å². The highest BCUT2D eigenvalue weighted by Crippen LogP contribution is 2.39. The van der Waals surface area contributed by atoms with Gasteiger partial charge in [0, 0.05) is 26.7 Å². The van der Waals surface area contributed by atoms with E-state index in [0.29, 0.717) is 5.41 Å². The highest BCUT2D eigenvalue weighted by molar-refractivity contribution is 4.88. The first-order valence-electron chi connectivity index (χ1n) is 8.29. The molecule has 1 N–H and O–H groups in total. The van der Waals surface area contributed by atoms with Gasteiger partial charge in [0.15, 0.2) is 0 Å². The quantitative estimate of drug-likeness (QED) is 0.840. The Morgan fingerprint density at radius 3 is 2.40 bits per heavy atom. The molecule has 3 heteroatoms. The van der Waals surface area contributed by atoms with Crippen LogP contribution in [0.5, 0.6) is 0 Å². The third kappa shape index (κ3) is 4.19. The van der Waals surface area contributed by atoms with Crippen molar-refractivity contribution in [2.75, 3.05) is 33.4 Å². The first-order chi connectivity index (χ1) is 9.45. The van der Waals surface area contributed by atoms with Gasteiger partial charge in [0.05, 0.1) is 6.61 Å². The van der Waals surface area contributed by atoms with Crippen LogP contribution in [-0.2, 0) is 9.47 Å². The molecule has 1 unspecified atom stereocenters. The number of methoxy groups -OCH3 is 1. The van der Waals surface area contributed by atoms with Crippen molar-refractivity contribution >= 4 is 0 Å². The zero-order valence-electron chi connectivity index (χ0n) is 13.8. The Hall–Kier alpha value is -0.120. The van der Waals surface area contributed by atoms with E-state index in [4.69, 9.17) is 9.47 Å². The zero-order valence-corrected chi connectivity index (χ0v) is 13.8. The Kier molecular flexibility index (Phi) is 5.49. The van der Waals surface area contributed by atoms with Crippen LogP contribution in [0.25, 0.3) is 0 Å². The third-order valence-electron chi connectivity index (χ3n) is 5.45. The molecule has 0 bridgehead atoms. The van der Waals surface area contributed by atoms with Crippen molar-refractivity contribution < 1.29 is 9.47 Å². The predicted molar refractivity (Wildman–Crippen MR) is 82.9 cm³/mol. The number of ether oxygens (including phenoxy) is 2. The maximum Gasteiger partial charge on any atom is 0.106 e.